The summed E-state index contributed by atoms with van der Waals surface area (Å²) in [4.78, 5) is 35.2. The molecule has 1 aromatic carbocycles. The van der Waals surface area contributed by atoms with Crippen LogP contribution in [0.2, 0.25) is 0 Å². The molecule has 0 unspecified atom stereocenters. The first-order chi connectivity index (χ1) is 19.8. The standard InChI is InChI=1S/C29H35F2N5O4S2/c1-17-18(6-7-20(30)24(17)31)19-14-21(25-32-8-13-42-25)33-22(23(19)26(37)40-5)15-35-9-11-36(12-10-35)28(41)34(4)16-29(2,3)27(38)39/h6-8,13-14,19,33H,9-12,15-16H2,1-5H3,(H,38,39)/t19-/m0/s1. The number of nitrogens with one attached hydrogen (secondary N) is 1. The first kappa shape index (κ1) is 31.5. The van der Waals surface area contributed by atoms with E-state index in [1.54, 1.807) is 38.1 Å². The first-order valence-electron chi connectivity index (χ1n) is 13.4. The lowest BCUT2D eigenvalue weighted by Gasteiger charge is -2.40. The Morgan fingerprint density at radius 3 is 2.55 bits per heavy atom. The fourth-order valence-electron chi connectivity index (χ4n) is 5.21. The Balaban J connectivity index is 1.59. The molecule has 13 heteroatoms. The predicted octanol–water partition coefficient (Wildman–Crippen LogP) is 3.83. The van der Waals surface area contributed by atoms with Crippen molar-refractivity contribution < 1.29 is 28.2 Å². The van der Waals surface area contributed by atoms with Crippen LogP contribution in [0.15, 0.2) is 41.1 Å². The molecule has 9 nitrogen and oxygen atoms in total. The number of halogens is 2. The molecule has 1 aromatic heterocycles. The van der Waals surface area contributed by atoms with Gasteiger partial charge in [0.15, 0.2) is 16.7 Å². The minimum absolute atomic E-state index is 0.120. The summed E-state index contributed by atoms with van der Waals surface area (Å²) in [6.45, 7) is 7.95. The molecule has 0 aliphatic carbocycles. The lowest BCUT2D eigenvalue weighted by molar-refractivity contribution is -0.147. The number of thiazole rings is 1. The van der Waals surface area contributed by atoms with E-state index in [1.165, 1.54) is 31.4 Å². The van der Waals surface area contributed by atoms with Gasteiger partial charge in [0, 0.05) is 69.5 Å². The molecule has 2 N–H and O–H groups in total. The number of aromatic nitrogens is 1. The first-order valence-corrected chi connectivity index (χ1v) is 14.7. The lowest BCUT2D eigenvalue weighted by atomic mass is 9.84. The molecule has 42 heavy (non-hydrogen) atoms. The lowest BCUT2D eigenvalue weighted by Crippen LogP contribution is -2.54. The van der Waals surface area contributed by atoms with Gasteiger partial charge in [-0.2, -0.15) is 0 Å². The van der Waals surface area contributed by atoms with E-state index in [1.807, 2.05) is 10.3 Å². The average Bonchev–Trinajstić information content (AvgIpc) is 3.50. The second kappa shape index (κ2) is 12.8. The summed E-state index contributed by atoms with van der Waals surface area (Å²) in [6, 6.07) is 2.57. The monoisotopic (exact) mass is 619 g/mol. The Bertz CT molecular complexity index is 1420. The van der Waals surface area contributed by atoms with E-state index in [-0.39, 0.29) is 12.1 Å². The number of carboxylic acids is 1. The van der Waals surface area contributed by atoms with E-state index >= 15 is 0 Å². The van der Waals surface area contributed by atoms with E-state index in [9.17, 15) is 23.5 Å². The second-order valence-corrected chi connectivity index (χ2v) is 12.3. The van der Waals surface area contributed by atoms with Crippen LogP contribution in [0.5, 0.6) is 0 Å². The van der Waals surface area contributed by atoms with Crippen molar-refractivity contribution in [2.45, 2.75) is 26.7 Å². The number of carbonyl (C=O) groups excluding carboxylic acids is 1. The van der Waals surface area contributed by atoms with Crippen LogP contribution in [0.4, 0.5) is 8.78 Å². The molecule has 2 aromatic rings. The van der Waals surface area contributed by atoms with Crippen molar-refractivity contribution in [3.63, 3.8) is 0 Å². The molecular formula is C29H35F2N5O4S2. The number of allylic oxidation sites excluding steroid dienone is 1. The number of benzene rings is 1. The summed E-state index contributed by atoms with van der Waals surface area (Å²) in [5.74, 6) is -4.05. The normalized spacial score (nSPS) is 17.9. The quantitative estimate of drug-likeness (QED) is 0.335. The molecule has 0 amide bonds. The van der Waals surface area contributed by atoms with Crippen LogP contribution >= 0.6 is 23.6 Å². The SMILES string of the molecule is COC(=O)C1=C(CN2CCN(C(=S)N(C)CC(C)(C)C(=O)O)CC2)NC(c2nccs2)=C[C@H]1c1ccc(F)c(F)c1C. The molecule has 3 heterocycles. The van der Waals surface area contributed by atoms with E-state index in [0.717, 1.165) is 6.07 Å². The largest absolute Gasteiger partial charge is 0.481 e. The van der Waals surface area contributed by atoms with Crippen LogP contribution in [0.25, 0.3) is 5.70 Å². The number of thiocarbonyl (C=S) groups is 1. The van der Waals surface area contributed by atoms with Gasteiger partial charge in [0.1, 0.15) is 5.01 Å². The highest BCUT2D eigenvalue weighted by molar-refractivity contribution is 7.80. The van der Waals surface area contributed by atoms with Crippen LogP contribution < -0.4 is 5.32 Å². The zero-order valence-electron chi connectivity index (χ0n) is 24.2. The number of methoxy groups -OCH3 is 1. The Hall–Kier alpha value is -3.42. The Kier molecular flexibility index (Phi) is 9.63. The van der Waals surface area contributed by atoms with Gasteiger partial charge in [-0.25, -0.2) is 18.6 Å². The fraction of sp³-hybridized carbons (Fsp3) is 0.448. The van der Waals surface area contributed by atoms with Gasteiger partial charge in [-0.05, 0) is 56.3 Å². The van der Waals surface area contributed by atoms with Crippen LogP contribution in [-0.4, -0.2) is 95.3 Å². The maximum absolute atomic E-state index is 14.7. The smallest absolute Gasteiger partial charge is 0.336 e. The molecule has 1 atom stereocenters. The highest BCUT2D eigenvalue weighted by Crippen LogP contribution is 2.38. The van der Waals surface area contributed by atoms with Crippen molar-refractivity contribution >= 4 is 46.3 Å². The number of hydrogen-bond acceptors (Lipinski definition) is 8. The summed E-state index contributed by atoms with van der Waals surface area (Å²) >= 11 is 7.09. The number of nitrogens with zero attached hydrogens (tertiary/aromatic N) is 4. The van der Waals surface area contributed by atoms with Crippen molar-refractivity contribution in [1.29, 1.82) is 0 Å². The van der Waals surface area contributed by atoms with Gasteiger partial charge in [-0.3, -0.25) is 9.69 Å². The highest BCUT2D eigenvalue weighted by atomic mass is 32.1. The maximum Gasteiger partial charge on any atom is 0.336 e. The molecule has 226 valence electrons. The van der Waals surface area contributed by atoms with Gasteiger partial charge in [-0.15, -0.1) is 11.3 Å². The third-order valence-electron chi connectivity index (χ3n) is 7.60. The molecule has 0 radical (unpaired) electrons. The van der Waals surface area contributed by atoms with E-state index in [4.69, 9.17) is 17.0 Å². The van der Waals surface area contributed by atoms with Gasteiger partial charge in [0.05, 0.1) is 23.8 Å². The number of rotatable bonds is 8. The number of piperazine rings is 1. The summed E-state index contributed by atoms with van der Waals surface area (Å²) in [6.07, 6.45) is 3.48. The minimum atomic E-state index is -0.954. The number of hydrogen-bond donors (Lipinski definition) is 2. The van der Waals surface area contributed by atoms with E-state index < -0.39 is 34.9 Å². The average molecular weight is 620 g/mol. The van der Waals surface area contributed by atoms with Crippen molar-refractivity contribution in [3.05, 3.63) is 68.8 Å². The highest BCUT2D eigenvalue weighted by Gasteiger charge is 2.35. The van der Waals surface area contributed by atoms with Crippen molar-refractivity contribution in [2.75, 3.05) is 53.4 Å². The molecule has 0 saturated carbocycles. The summed E-state index contributed by atoms with van der Waals surface area (Å²) in [5.41, 5.74) is 1.22. The van der Waals surface area contributed by atoms with Crippen LogP contribution in [-0.2, 0) is 14.3 Å². The summed E-state index contributed by atoms with van der Waals surface area (Å²) < 4.78 is 33.9. The Morgan fingerprint density at radius 1 is 1.26 bits per heavy atom. The molecule has 1 saturated heterocycles. The number of dihydropyridines is 1. The van der Waals surface area contributed by atoms with Gasteiger partial charge >= 0.3 is 11.9 Å². The van der Waals surface area contributed by atoms with Crippen LogP contribution in [0.3, 0.4) is 0 Å². The van der Waals surface area contributed by atoms with Gasteiger partial charge in [-0.1, -0.05) is 6.07 Å². The zero-order chi connectivity index (χ0) is 30.8. The fourth-order valence-corrected chi connectivity index (χ4v) is 6.08. The molecular weight excluding hydrogens is 584 g/mol. The van der Waals surface area contributed by atoms with Crippen LogP contribution in [0.1, 0.15) is 35.9 Å². The summed E-state index contributed by atoms with van der Waals surface area (Å²) in [7, 11) is 3.09. The van der Waals surface area contributed by atoms with Crippen LogP contribution in [0, 0.1) is 24.0 Å². The topological polar surface area (TPSA) is 98.2 Å². The maximum atomic E-state index is 14.7. The number of esters is 1. The van der Waals surface area contributed by atoms with Crippen molar-refractivity contribution in [2.24, 2.45) is 5.41 Å². The molecule has 4 rings (SSSR count). The molecule has 1 fully saturated rings. The third-order valence-corrected chi connectivity index (χ3v) is 8.98. The number of aliphatic carboxylic acids is 1. The summed E-state index contributed by atoms with van der Waals surface area (Å²) in [5, 5.41) is 16.0. The predicted molar refractivity (Wildman–Crippen MR) is 161 cm³/mol. The Labute approximate surface area is 253 Å². The van der Waals surface area contributed by atoms with E-state index in [2.05, 4.69) is 15.2 Å². The van der Waals surface area contributed by atoms with Gasteiger partial charge in [0.25, 0.3) is 0 Å². The third kappa shape index (κ3) is 6.63. The number of carbonyl (C=O) groups is 2. The Morgan fingerprint density at radius 2 is 1.95 bits per heavy atom. The van der Waals surface area contributed by atoms with E-state index in [0.29, 0.717) is 65.4 Å². The number of carboxylic acid groups (broad SMARTS) is 1. The molecule has 2 aliphatic rings. The van der Waals surface area contributed by atoms with Crippen molar-refractivity contribution in [1.82, 2.24) is 25.0 Å². The molecule has 2 aliphatic heterocycles. The van der Waals surface area contributed by atoms with Crippen molar-refractivity contribution in [3.8, 4) is 0 Å². The number of ether oxygens (including phenoxy) is 1. The molecule has 0 spiro atoms. The second-order valence-electron chi connectivity index (χ2n) is 11.1. The van der Waals surface area contributed by atoms with Gasteiger partial charge in [0.2, 0.25) is 0 Å². The zero-order valence-corrected chi connectivity index (χ0v) is 25.9. The van der Waals surface area contributed by atoms with Gasteiger partial charge < -0.3 is 25.0 Å². The molecule has 0 bridgehead atoms. The minimum Gasteiger partial charge on any atom is -0.481 e.